The van der Waals surface area contributed by atoms with E-state index in [1.807, 2.05) is 0 Å². The number of ether oxygens (including phenoxy) is 1. The van der Waals surface area contributed by atoms with Gasteiger partial charge in [-0.15, -0.1) is 0 Å². The highest BCUT2D eigenvalue weighted by molar-refractivity contribution is 6.08. The summed E-state index contributed by atoms with van der Waals surface area (Å²) < 4.78 is 5.30. The summed E-state index contributed by atoms with van der Waals surface area (Å²) >= 11 is 0. The van der Waals surface area contributed by atoms with Gasteiger partial charge in [0.15, 0.2) is 0 Å². The van der Waals surface area contributed by atoms with E-state index < -0.39 is 42.8 Å². The summed E-state index contributed by atoms with van der Waals surface area (Å²) in [5.74, 6) is -1.39. The van der Waals surface area contributed by atoms with Gasteiger partial charge in [-0.2, -0.15) is 0 Å². The number of likely N-dealkylation sites (N-methyl/N-ethyl adjacent to an activating group) is 1. The lowest BCUT2D eigenvalue weighted by molar-refractivity contribution is -0.144. The van der Waals surface area contributed by atoms with Crippen molar-refractivity contribution in [1.29, 1.82) is 0 Å². The molecule has 0 aromatic heterocycles. The van der Waals surface area contributed by atoms with E-state index in [-0.39, 0.29) is 11.5 Å². The Morgan fingerprint density at radius 2 is 1.95 bits per heavy atom. The van der Waals surface area contributed by atoms with E-state index in [1.165, 1.54) is 13.1 Å². The van der Waals surface area contributed by atoms with Gasteiger partial charge in [0.05, 0.1) is 12.5 Å². The molecule has 0 bridgehead atoms. The maximum Gasteiger partial charge on any atom is 0.258 e. The summed E-state index contributed by atoms with van der Waals surface area (Å²) in [7, 11) is 1.36. The molecule has 1 fully saturated rings. The summed E-state index contributed by atoms with van der Waals surface area (Å²) in [5, 5.41) is 28.6. The predicted molar refractivity (Wildman–Crippen MR) is 62.8 cm³/mol. The molecule has 2 amide bonds. The SMILES string of the molecule is CC1C=C([C@@H]2O[C@H](CO)C(O)C2O)C(=O)N(C)C1=O. The Hall–Kier alpha value is -1.28. The molecule has 0 aromatic rings. The molecular weight excluding hydrogens is 254 g/mol. The van der Waals surface area contributed by atoms with Gasteiger partial charge in [0.25, 0.3) is 5.91 Å². The topological polar surface area (TPSA) is 107 Å². The molecule has 19 heavy (non-hydrogen) atoms. The monoisotopic (exact) mass is 271 g/mol. The van der Waals surface area contributed by atoms with Crippen LogP contribution in [0.2, 0.25) is 0 Å². The second-order valence-corrected chi connectivity index (χ2v) is 4.87. The molecule has 3 unspecified atom stereocenters. The lowest BCUT2D eigenvalue weighted by atomic mass is 9.93. The third-order valence-electron chi connectivity index (χ3n) is 3.55. The van der Waals surface area contributed by atoms with Gasteiger partial charge in [0.2, 0.25) is 5.91 Å². The molecule has 5 atom stereocenters. The van der Waals surface area contributed by atoms with E-state index in [4.69, 9.17) is 9.84 Å². The molecule has 1 saturated heterocycles. The van der Waals surface area contributed by atoms with Crippen molar-refractivity contribution >= 4 is 11.8 Å². The second-order valence-electron chi connectivity index (χ2n) is 4.87. The van der Waals surface area contributed by atoms with Crippen molar-refractivity contribution in [3.63, 3.8) is 0 Å². The van der Waals surface area contributed by atoms with Crippen molar-refractivity contribution in [3.8, 4) is 0 Å². The molecule has 0 radical (unpaired) electrons. The molecular formula is C12H17NO6. The molecule has 0 aromatic carbocycles. The second kappa shape index (κ2) is 5.01. The Bertz CT molecular complexity index is 434. The van der Waals surface area contributed by atoms with Crippen molar-refractivity contribution in [2.24, 2.45) is 5.92 Å². The Morgan fingerprint density at radius 3 is 2.47 bits per heavy atom. The van der Waals surface area contributed by atoms with E-state index in [0.717, 1.165) is 4.90 Å². The van der Waals surface area contributed by atoms with Gasteiger partial charge in [-0.1, -0.05) is 13.0 Å². The maximum atomic E-state index is 12.0. The number of hydrogen-bond acceptors (Lipinski definition) is 6. The van der Waals surface area contributed by atoms with Crippen LogP contribution in [-0.4, -0.2) is 70.1 Å². The van der Waals surface area contributed by atoms with Gasteiger partial charge in [-0.3, -0.25) is 14.5 Å². The van der Waals surface area contributed by atoms with E-state index in [2.05, 4.69) is 0 Å². The fraction of sp³-hybridized carbons (Fsp3) is 0.667. The largest absolute Gasteiger partial charge is 0.394 e. The quantitative estimate of drug-likeness (QED) is 0.503. The Balaban J connectivity index is 2.29. The van der Waals surface area contributed by atoms with Crippen LogP contribution in [0, 0.1) is 5.92 Å². The number of aliphatic hydroxyl groups is 3. The average Bonchev–Trinajstić information content (AvgIpc) is 2.68. The van der Waals surface area contributed by atoms with Crippen LogP contribution in [0.25, 0.3) is 0 Å². The zero-order valence-electron chi connectivity index (χ0n) is 10.7. The highest BCUT2D eigenvalue weighted by Crippen LogP contribution is 2.30. The maximum absolute atomic E-state index is 12.0. The minimum absolute atomic E-state index is 0.136. The highest BCUT2D eigenvalue weighted by atomic mass is 16.6. The minimum Gasteiger partial charge on any atom is -0.394 e. The summed E-state index contributed by atoms with van der Waals surface area (Å²) in [5.41, 5.74) is 0.136. The van der Waals surface area contributed by atoms with Gasteiger partial charge < -0.3 is 20.1 Å². The normalized spacial score (nSPS) is 39.7. The highest BCUT2D eigenvalue weighted by Gasteiger charge is 2.47. The van der Waals surface area contributed by atoms with Crippen molar-refractivity contribution in [1.82, 2.24) is 4.90 Å². The van der Waals surface area contributed by atoms with Gasteiger partial charge >= 0.3 is 0 Å². The van der Waals surface area contributed by atoms with Gasteiger partial charge in [-0.05, 0) is 0 Å². The smallest absolute Gasteiger partial charge is 0.258 e. The number of hydrogen-bond donors (Lipinski definition) is 3. The van der Waals surface area contributed by atoms with Gasteiger partial charge in [0, 0.05) is 12.6 Å². The Kier molecular flexibility index (Phi) is 3.73. The van der Waals surface area contributed by atoms with E-state index in [0.29, 0.717) is 0 Å². The van der Waals surface area contributed by atoms with Crippen LogP contribution in [-0.2, 0) is 14.3 Å². The van der Waals surface area contributed by atoms with E-state index >= 15 is 0 Å². The standard InChI is InChI=1S/C12H17NO6/c1-5-3-6(12(18)13(2)11(5)17)10-9(16)8(15)7(4-14)19-10/h3,5,7-10,14-16H,4H2,1-2H3/t5?,7-,8?,9?,10+/m1/s1. The molecule has 7 heteroatoms. The van der Waals surface area contributed by atoms with Crippen LogP contribution in [0.1, 0.15) is 6.92 Å². The van der Waals surface area contributed by atoms with Crippen molar-refractivity contribution < 1.29 is 29.6 Å². The molecule has 106 valence electrons. The van der Waals surface area contributed by atoms with Gasteiger partial charge in [-0.25, -0.2) is 0 Å². The van der Waals surface area contributed by atoms with Crippen LogP contribution in [0.4, 0.5) is 0 Å². The predicted octanol–water partition coefficient (Wildman–Crippen LogP) is -1.97. The van der Waals surface area contributed by atoms with Crippen molar-refractivity contribution in [2.45, 2.75) is 31.3 Å². The number of aliphatic hydroxyl groups excluding tert-OH is 3. The molecule has 2 aliphatic heterocycles. The minimum atomic E-state index is -1.30. The number of amides is 2. The Morgan fingerprint density at radius 1 is 1.32 bits per heavy atom. The molecule has 2 heterocycles. The van der Waals surface area contributed by atoms with E-state index in [9.17, 15) is 19.8 Å². The first-order chi connectivity index (χ1) is 8.88. The number of carbonyl (C=O) groups is 2. The van der Waals surface area contributed by atoms with Crippen LogP contribution in [0.5, 0.6) is 0 Å². The molecule has 7 nitrogen and oxygen atoms in total. The summed E-state index contributed by atoms with van der Waals surface area (Å²) in [6, 6.07) is 0. The third kappa shape index (κ3) is 2.18. The fourth-order valence-corrected chi connectivity index (χ4v) is 2.38. The summed E-state index contributed by atoms with van der Waals surface area (Å²) in [6.07, 6.45) is -3.10. The lowest BCUT2D eigenvalue weighted by Crippen LogP contribution is -2.46. The zero-order chi connectivity index (χ0) is 14.3. The first-order valence-corrected chi connectivity index (χ1v) is 6.04. The number of rotatable bonds is 2. The van der Waals surface area contributed by atoms with Crippen molar-refractivity contribution in [3.05, 3.63) is 11.6 Å². The number of carbonyl (C=O) groups excluding carboxylic acids is 2. The van der Waals surface area contributed by atoms with Gasteiger partial charge in [0.1, 0.15) is 24.4 Å². The van der Waals surface area contributed by atoms with E-state index in [1.54, 1.807) is 6.92 Å². The first-order valence-electron chi connectivity index (χ1n) is 6.04. The summed E-state index contributed by atoms with van der Waals surface area (Å²) in [4.78, 5) is 24.6. The third-order valence-corrected chi connectivity index (χ3v) is 3.55. The number of nitrogens with zero attached hydrogens (tertiary/aromatic N) is 1. The summed E-state index contributed by atoms with van der Waals surface area (Å²) in [6.45, 7) is 1.17. The number of imide groups is 1. The fourth-order valence-electron chi connectivity index (χ4n) is 2.38. The Labute approximate surface area is 110 Å². The molecule has 2 rings (SSSR count). The van der Waals surface area contributed by atoms with Crippen molar-refractivity contribution in [2.75, 3.05) is 13.7 Å². The van der Waals surface area contributed by atoms with Crippen LogP contribution in [0.15, 0.2) is 11.6 Å². The molecule has 0 spiro atoms. The molecule has 0 saturated carbocycles. The average molecular weight is 271 g/mol. The van der Waals surface area contributed by atoms with Crippen LogP contribution >= 0.6 is 0 Å². The molecule has 2 aliphatic rings. The first kappa shape index (κ1) is 14.1. The van der Waals surface area contributed by atoms with Crippen LogP contribution in [0.3, 0.4) is 0 Å². The zero-order valence-corrected chi connectivity index (χ0v) is 10.7. The van der Waals surface area contributed by atoms with Crippen LogP contribution < -0.4 is 0 Å². The molecule has 0 aliphatic carbocycles. The molecule has 3 N–H and O–H groups in total. The lowest BCUT2D eigenvalue weighted by Gasteiger charge is -2.28.